The Hall–Kier alpha value is -3.73. The summed E-state index contributed by atoms with van der Waals surface area (Å²) in [6.07, 6.45) is 5.20. The molecular formula is C31H34N2O3. The van der Waals surface area contributed by atoms with Gasteiger partial charge in [-0.25, -0.2) is 0 Å². The number of hydrogen-bond donors (Lipinski definition) is 1. The zero-order valence-electron chi connectivity index (χ0n) is 20.8. The molecule has 0 saturated heterocycles. The van der Waals surface area contributed by atoms with Crippen molar-refractivity contribution in [2.24, 2.45) is 0 Å². The maximum Gasteiger partial charge on any atom is 0.290 e. The standard InChI is InChI=1S/C31H34N2O3/c1-23(34)31(36)33(22-24-14-6-2-7-15-24)29(30(35)32-27-20-12-5-13-21-27)28(25-16-8-3-9-17-25)26-18-10-4-11-19-26/h2-4,6-11,14-19,27-29H,5,12-13,20-22H2,1H3,(H,32,35). The highest BCUT2D eigenvalue weighted by Gasteiger charge is 2.40. The van der Waals surface area contributed by atoms with Crippen molar-refractivity contribution in [3.05, 3.63) is 108 Å². The van der Waals surface area contributed by atoms with Crippen molar-refractivity contribution in [2.45, 2.75) is 63.6 Å². The number of Topliss-reactive ketones (excluding diaryl/α,β-unsaturated/α-hetero) is 1. The second-order valence-electron chi connectivity index (χ2n) is 9.56. The predicted octanol–water partition coefficient (Wildman–Crippen LogP) is 5.25. The molecule has 1 aliphatic carbocycles. The van der Waals surface area contributed by atoms with E-state index < -0.39 is 23.7 Å². The van der Waals surface area contributed by atoms with E-state index in [1.54, 1.807) is 0 Å². The van der Waals surface area contributed by atoms with Crippen molar-refractivity contribution < 1.29 is 14.4 Å². The third-order valence-corrected chi connectivity index (χ3v) is 6.95. The van der Waals surface area contributed by atoms with Gasteiger partial charge in [0.05, 0.1) is 0 Å². The highest BCUT2D eigenvalue weighted by molar-refractivity contribution is 6.35. The lowest BCUT2D eigenvalue weighted by molar-refractivity contribution is -0.149. The molecule has 1 atom stereocenters. The van der Waals surface area contributed by atoms with Crippen molar-refractivity contribution in [3.63, 3.8) is 0 Å². The van der Waals surface area contributed by atoms with Crippen molar-refractivity contribution >= 4 is 17.6 Å². The number of carbonyl (C=O) groups excluding carboxylic acids is 3. The van der Waals surface area contributed by atoms with Crippen LogP contribution in [-0.4, -0.2) is 34.6 Å². The van der Waals surface area contributed by atoms with Gasteiger partial charge >= 0.3 is 0 Å². The normalized spacial score (nSPS) is 14.7. The van der Waals surface area contributed by atoms with Crippen LogP contribution in [0.4, 0.5) is 0 Å². The van der Waals surface area contributed by atoms with Crippen molar-refractivity contribution in [1.82, 2.24) is 10.2 Å². The van der Waals surface area contributed by atoms with Gasteiger partial charge in [-0.15, -0.1) is 0 Å². The van der Waals surface area contributed by atoms with Gasteiger partial charge in [-0.3, -0.25) is 14.4 Å². The van der Waals surface area contributed by atoms with E-state index in [4.69, 9.17) is 0 Å². The van der Waals surface area contributed by atoms with E-state index in [2.05, 4.69) is 5.32 Å². The summed E-state index contributed by atoms with van der Waals surface area (Å²) in [6, 6.07) is 28.3. The summed E-state index contributed by atoms with van der Waals surface area (Å²) in [6.45, 7) is 1.44. The Morgan fingerprint density at radius 2 is 1.28 bits per heavy atom. The number of carbonyl (C=O) groups is 3. The molecule has 2 amide bonds. The first-order valence-corrected chi connectivity index (χ1v) is 12.8. The van der Waals surface area contributed by atoms with Crippen molar-refractivity contribution in [1.29, 1.82) is 0 Å². The van der Waals surface area contributed by atoms with Crippen LogP contribution in [0.25, 0.3) is 0 Å². The van der Waals surface area contributed by atoms with E-state index in [1.807, 2.05) is 91.0 Å². The summed E-state index contributed by atoms with van der Waals surface area (Å²) < 4.78 is 0. The smallest absolute Gasteiger partial charge is 0.290 e. The van der Waals surface area contributed by atoms with E-state index in [0.29, 0.717) is 0 Å². The van der Waals surface area contributed by atoms with E-state index in [1.165, 1.54) is 18.2 Å². The van der Waals surface area contributed by atoms with Gasteiger partial charge in [0.15, 0.2) is 0 Å². The lowest BCUT2D eigenvalue weighted by Gasteiger charge is -2.37. The van der Waals surface area contributed by atoms with Gasteiger partial charge in [0.2, 0.25) is 11.7 Å². The van der Waals surface area contributed by atoms with E-state index in [0.717, 1.165) is 42.4 Å². The third-order valence-electron chi connectivity index (χ3n) is 6.95. The molecule has 3 aromatic rings. The predicted molar refractivity (Wildman–Crippen MR) is 141 cm³/mol. The Labute approximate surface area is 213 Å². The van der Waals surface area contributed by atoms with Crippen molar-refractivity contribution in [2.75, 3.05) is 0 Å². The minimum Gasteiger partial charge on any atom is -0.352 e. The molecule has 0 aliphatic heterocycles. The van der Waals surface area contributed by atoms with Gasteiger partial charge in [0.25, 0.3) is 5.91 Å². The topological polar surface area (TPSA) is 66.5 Å². The average Bonchev–Trinajstić information content (AvgIpc) is 2.92. The van der Waals surface area contributed by atoms with Gasteiger partial charge in [-0.05, 0) is 29.5 Å². The molecule has 0 heterocycles. The van der Waals surface area contributed by atoms with Gasteiger partial charge in [0.1, 0.15) is 6.04 Å². The lowest BCUT2D eigenvalue weighted by Crippen LogP contribution is -2.55. The summed E-state index contributed by atoms with van der Waals surface area (Å²) >= 11 is 0. The number of benzene rings is 3. The van der Waals surface area contributed by atoms with E-state index in [-0.39, 0.29) is 18.5 Å². The molecule has 5 heteroatoms. The van der Waals surface area contributed by atoms with E-state index in [9.17, 15) is 14.4 Å². The molecule has 36 heavy (non-hydrogen) atoms. The Bertz CT molecular complexity index is 1100. The minimum absolute atomic E-state index is 0.0759. The summed E-state index contributed by atoms with van der Waals surface area (Å²) in [5.41, 5.74) is 2.70. The Morgan fingerprint density at radius 3 is 1.78 bits per heavy atom. The van der Waals surface area contributed by atoms with Crippen molar-refractivity contribution in [3.8, 4) is 0 Å². The number of amides is 2. The first-order chi connectivity index (χ1) is 17.5. The van der Waals surface area contributed by atoms with E-state index >= 15 is 0 Å². The maximum absolute atomic E-state index is 14.1. The van der Waals surface area contributed by atoms with Gasteiger partial charge < -0.3 is 10.2 Å². The largest absolute Gasteiger partial charge is 0.352 e. The molecular weight excluding hydrogens is 448 g/mol. The molecule has 5 nitrogen and oxygen atoms in total. The average molecular weight is 483 g/mol. The summed E-state index contributed by atoms with van der Waals surface area (Å²) in [7, 11) is 0. The number of hydrogen-bond acceptors (Lipinski definition) is 3. The molecule has 4 rings (SSSR count). The van der Waals surface area contributed by atoms with Crippen LogP contribution in [-0.2, 0) is 20.9 Å². The molecule has 0 bridgehead atoms. The Morgan fingerprint density at radius 1 is 0.778 bits per heavy atom. The van der Waals surface area contributed by atoms with Crippen LogP contribution in [0.1, 0.15) is 61.6 Å². The fourth-order valence-corrected chi connectivity index (χ4v) is 5.16. The first kappa shape index (κ1) is 25.4. The highest BCUT2D eigenvalue weighted by Crippen LogP contribution is 2.33. The Balaban J connectivity index is 1.83. The maximum atomic E-state index is 14.1. The highest BCUT2D eigenvalue weighted by atomic mass is 16.2. The molecule has 1 saturated carbocycles. The quantitative estimate of drug-likeness (QED) is 0.424. The fourth-order valence-electron chi connectivity index (χ4n) is 5.16. The molecule has 0 radical (unpaired) electrons. The molecule has 3 aromatic carbocycles. The SMILES string of the molecule is CC(=O)C(=O)N(Cc1ccccc1)C(C(=O)NC1CCCCC1)C(c1ccccc1)c1ccccc1. The summed E-state index contributed by atoms with van der Waals surface area (Å²) in [5.74, 6) is -1.89. The van der Waals surface area contributed by atoms with Gasteiger partial charge in [0, 0.05) is 25.4 Å². The molecule has 186 valence electrons. The van der Waals surface area contributed by atoms with Crippen LogP contribution >= 0.6 is 0 Å². The van der Waals surface area contributed by atoms with Crippen LogP contribution in [0, 0.1) is 0 Å². The molecule has 1 fully saturated rings. The van der Waals surface area contributed by atoms with Crippen LogP contribution in [0.5, 0.6) is 0 Å². The number of nitrogens with zero attached hydrogens (tertiary/aromatic N) is 1. The summed E-state index contributed by atoms with van der Waals surface area (Å²) in [4.78, 5) is 41.5. The van der Waals surface area contributed by atoms with Crippen LogP contribution in [0.2, 0.25) is 0 Å². The fraction of sp³-hybridized carbons (Fsp3) is 0.323. The van der Waals surface area contributed by atoms with Crippen LogP contribution in [0.15, 0.2) is 91.0 Å². The minimum atomic E-state index is -0.895. The zero-order chi connectivity index (χ0) is 25.3. The molecule has 1 aliphatic rings. The molecule has 0 spiro atoms. The second-order valence-corrected chi connectivity index (χ2v) is 9.56. The third kappa shape index (κ3) is 6.28. The monoisotopic (exact) mass is 482 g/mol. The molecule has 1 N–H and O–H groups in total. The molecule has 1 unspecified atom stereocenters. The van der Waals surface area contributed by atoms with Crippen LogP contribution < -0.4 is 5.32 Å². The number of ketones is 1. The van der Waals surface area contributed by atoms with Gasteiger partial charge in [-0.1, -0.05) is 110 Å². The number of rotatable bonds is 9. The summed E-state index contributed by atoms with van der Waals surface area (Å²) in [5, 5.41) is 3.25. The Kier molecular flexibility index (Phi) is 8.66. The zero-order valence-corrected chi connectivity index (χ0v) is 20.8. The lowest BCUT2D eigenvalue weighted by atomic mass is 9.83. The van der Waals surface area contributed by atoms with Crippen LogP contribution in [0.3, 0.4) is 0 Å². The second kappa shape index (κ2) is 12.3. The molecule has 0 aromatic heterocycles. The van der Waals surface area contributed by atoms with Gasteiger partial charge in [-0.2, -0.15) is 0 Å². The first-order valence-electron chi connectivity index (χ1n) is 12.8. The number of nitrogens with one attached hydrogen (secondary N) is 1.